The van der Waals surface area contributed by atoms with Crippen LogP contribution in [0.2, 0.25) is 0 Å². The van der Waals surface area contributed by atoms with Gasteiger partial charge in [0.25, 0.3) is 0 Å². The molecule has 1 aliphatic heterocycles. The maximum Gasteiger partial charge on any atom is 0.167 e. The first-order chi connectivity index (χ1) is 14.0. The number of anilines is 1. The monoisotopic (exact) mass is 403 g/mol. The third-order valence-electron chi connectivity index (χ3n) is 4.88. The predicted octanol–water partition coefficient (Wildman–Crippen LogP) is -0.236. The molecule has 29 heavy (non-hydrogen) atoms. The number of ether oxygens (including phenoxy) is 2. The zero-order chi connectivity index (χ0) is 20.5. The molecule has 0 aliphatic carbocycles. The minimum absolute atomic E-state index is 0.0354. The van der Waals surface area contributed by atoms with E-state index in [1.165, 1.54) is 30.4 Å². The van der Waals surface area contributed by atoms with Gasteiger partial charge in [0.05, 0.1) is 20.0 Å². The summed E-state index contributed by atoms with van der Waals surface area (Å²) in [5.74, 6) is 0.835. The highest BCUT2D eigenvalue weighted by molar-refractivity contribution is 5.82. The number of para-hydroxylation sites is 1. The second kappa shape index (κ2) is 7.79. The molecule has 5 N–H and O–H groups in total. The lowest BCUT2D eigenvalue weighted by atomic mass is 10.1. The van der Waals surface area contributed by atoms with E-state index in [4.69, 9.17) is 9.47 Å². The van der Waals surface area contributed by atoms with Crippen LogP contribution in [-0.2, 0) is 11.3 Å². The van der Waals surface area contributed by atoms with Gasteiger partial charge < -0.3 is 35.2 Å². The van der Waals surface area contributed by atoms with Crippen molar-refractivity contribution in [3.8, 4) is 11.5 Å². The van der Waals surface area contributed by atoms with Gasteiger partial charge in [-0.15, -0.1) is 0 Å². The van der Waals surface area contributed by atoms with Gasteiger partial charge in [-0.3, -0.25) is 4.57 Å². The lowest BCUT2D eigenvalue weighted by Crippen LogP contribution is -2.33. The highest BCUT2D eigenvalue weighted by Gasteiger charge is 2.44. The first-order valence-corrected chi connectivity index (χ1v) is 8.93. The van der Waals surface area contributed by atoms with Crippen molar-refractivity contribution in [2.45, 2.75) is 31.1 Å². The van der Waals surface area contributed by atoms with Gasteiger partial charge in [0, 0.05) is 12.1 Å². The molecule has 3 heterocycles. The Morgan fingerprint density at radius 2 is 2.03 bits per heavy atom. The van der Waals surface area contributed by atoms with Crippen molar-refractivity contribution in [3.63, 3.8) is 0 Å². The number of phenols is 1. The van der Waals surface area contributed by atoms with Gasteiger partial charge in [-0.1, -0.05) is 12.1 Å². The fraction of sp³-hybridized carbons (Fsp3) is 0.389. The van der Waals surface area contributed by atoms with Crippen molar-refractivity contribution in [1.29, 1.82) is 0 Å². The Labute approximate surface area is 165 Å². The number of nitrogens with zero attached hydrogens (tertiary/aromatic N) is 4. The van der Waals surface area contributed by atoms with E-state index >= 15 is 0 Å². The Kier molecular flexibility index (Phi) is 5.20. The van der Waals surface area contributed by atoms with E-state index in [2.05, 4.69) is 20.3 Å². The molecular formula is C18H21N5O6. The highest BCUT2D eigenvalue weighted by Crippen LogP contribution is 2.33. The number of phenolic OH excluding ortho intramolecular Hbond substituents is 1. The first kappa shape index (κ1) is 19.3. The molecule has 2 aromatic heterocycles. The van der Waals surface area contributed by atoms with Crippen LogP contribution in [0.3, 0.4) is 0 Å². The Bertz CT molecular complexity index is 1010. The van der Waals surface area contributed by atoms with Crippen LogP contribution in [0.4, 0.5) is 5.82 Å². The smallest absolute Gasteiger partial charge is 0.167 e. The second-order valence-electron chi connectivity index (χ2n) is 6.60. The van der Waals surface area contributed by atoms with E-state index in [9.17, 15) is 20.4 Å². The van der Waals surface area contributed by atoms with Crippen LogP contribution in [-0.4, -0.2) is 72.0 Å². The number of aromatic hydroxyl groups is 1. The molecule has 3 aromatic rings. The number of nitrogens with one attached hydrogen (secondary N) is 1. The van der Waals surface area contributed by atoms with Crippen molar-refractivity contribution in [2.24, 2.45) is 0 Å². The Morgan fingerprint density at radius 3 is 2.76 bits per heavy atom. The van der Waals surface area contributed by atoms with E-state index in [0.717, 1.165) is 5.56 Å². The van der Waals surface area contributed by atoms with Crippen LogP contribution in [0.1, 0.15) is 11.8 Å². The molecule has 11 heteroatoms. The number of fused-ring (bicyclic) bond motifs is 1. The number of aliphatic hydroxyl groups excluding tert-OH is 3. The molecule has 1 fully saturated rings. The third-order valence-corrected chi connectivity index (χ3v) is 4.88. The SMILES string of the molecule is COc1c(O)cccc1CNc1ncnc2c1ncn2C1O[C@H](CO)[C@@H](O)[C@H]1O. The average Bonchev–Trinajstić information content (AvgIpc) is 3.28. The van der Waals surface area contributed by atoms with Gasteiger partial charge in [-0.2, -0.15) is 0 Å². The molecule has 1 unspecified atom stereocenters. The molecule has 1 aromatic carbocycles. The number of rotatable bonds is 6. The van der Waals surface area contributed by atoms with Crippen molar-refractivity contribution in [3.05, 3.63) is 36.4 Å². The molecule has 0 amide bonds. The number of hydrogen-bond acceptors (Lipinski definition) is 10. The lowest BCUT2D eigenvalue weighted by molar-refractivity contribution is -0.0511. The second-order valence-corrected chi connectivity index (χ2v) is 6.60. The topological polar surface area (TPSA) is 155 Å². The summed E-state index contributed by atoms with van der Waals surface area (Å²) in [4.78, 5) is 12.7. The molecule has 0 bridgehead atoms. The van der Waals surface area contributed by atoms with Gasteiger partial charge in [0.1, 0.15) is 24.6 Å². The van der Waals surface area contributed by atoms with Crippen molar-refractivity contribution in [2.75, 3.05) is 19.0 Å². The van der Waals surface area contributed by atoms with E-state index < -0.39 is 31.1 Å². The standard InChI is InChI=1S/C18H21N5O6/c1-28-15-9(3-2-4-10(15)25)5-19-16-12-17(21-7-20-16)23(8-22-12)18-14(27)13(26)11(6-24)29-18/h2-4,7-8,11,13-14,18,24-27H,5-6H2,1H3,(H,19,20,21)/t11-,13-,14-,18?/m1/s1. The lowest BCUT2D eigenvalue weighted by Gasteiger charge is -2.16. The number of methoxy groups -OCH3 is 1. The van der Waals surface area contributed by atoms with Gasteiger partial charge in [0.2, 0.25) is 0 Å². The van der Waals surface area contributed by atoms with E-state index in [1.54, 1.807) is 6.07 Å². The van der Waals surface area contributed by atoms with Crippen molar-refractivity contribution >= 4 is 17.0 Å². The van der Waals surface area contributed by atoms with Crippen LogP contribution in [0, 0.1) is 0 Å². The molecule has 0 radical (unpaired) electrons. The third kappa shape index (κ3) is 3.34. The fourth-order valence-corrected chi connectivity index (χ4v) is 3.40. The summed E-state index contributed by atoms with van der Waals surface area (Å²) in [5, 5.41) is 42.6. The molecular weight excluding hydrogens is 382 g/mol. The van der Waals surface area contributed by atoms with Gasteiger partial charge >= 0.3 is 0 Å². The minimum Gasteiger partial charge on any atom is -0.504 e. The maximum absolute atomic E-state index is 10.3. The summed E-state index contributed by atoms with van der Waals surface area (Å²) in [7, 11) is 1.48. The molecule has 1 aliphatic rings. The van der Waals surface area contributed by atoms with Crippen LogP contribution in [0.25, 0.3) is 11.2 Å². The van der Waals surface area contributed by atoms with E-state index in [-0.39, 0.29) is 5.75 Å². The number of benzene rings is 1. The summed E-state index contributed by atoms with van der Waals surface area (Å²) in [5.41, 5.74) is 1.55. The molecule has 0 saturated carbocycles. The molecule has 11 nitrogen and oxygen atoms in total. The Hall–Kier alpha value is -2.99. The fourth-order valence-electron chi connectivity index (χ4n) is 3.40. The summed E-state index contributed by atoms with van der Waals surface area (Å²) >= 11 is 0. The van der Waals surface area contributed by atoms with Crippen molar-refractivity contribution in [1.82, 2.24) is 19.5 Å². The minimum atomic E-state index is -1.24. The zero-order valence-corrected chi connectivity index (χ0v) is 15.5. The maximum atomic E-state index is 10.3. The molecule has 4 atom stereocenters. The van der Waals surface area contributed by atoms with Gasteiger partial charge in [0.15, 0.2) is 34.7 Å². The van der Waals surface area contributed by atoms with Crippen LogP contribution < -0.4 is 10.1 Å². The number of aliphatic hydroxyl groups is 3. The molecule has 4 rings (SSSR count). The largest absolute Gasteiger partial charge is 0.504 e. The van der Waals surface area contributed by atoms with E-state index in [0.29, 0.717) is 29.3 Å². The summed E-state index contributed by atoms with van der Waals surface area (Å²) < 4.78 is 12.3. The van der Waals surface area contributed by atoms with E-state index in [1.807, 2.05) is 6.07 Å². The Balaban J connectivity index is 1.61. The van der Waals surface area contributed by atoms with Crippen LogP contribution in [0.5, 0.6) is 11.5 Å². The van der Waals surface area contributed by atoms with Crippen LogP contribution in [0.15, 0.2) is 30.9 Å². The summed E-state index contributed by atoms with van der Waals surface area (Å²) in [6, 6.07) is 5.05. The highest BCUT2D eigenvalue weighted by atomic mass is 16.6. The molecule has 154 valence electrons. The summed E-state index contributed by atoms with van der Waals surface area (Å²) in [6.45, 7) is -0.112. The normalized spacial score (nSPS) is 24.1. The van der Waals surface area contributed by atoms with Crippen LogP contribution >= 0.6 is 0 Å². The summed E-state index contributed by atoms with van der Waals surface area (Å²) in [6.07, 6.45) is -1.54. The van der Waals surface area contributed by atoms with Gasteiger partial charge in [-0.25, -0.2) is 15.0 Å². The molecule has 1 saturated heterocycles. The average molecular weight is 403 g/mol. The number of hydrogen-bond donors (Lipinski definition) is 5. The molecule has 0 spiro atoms. The number of imidazole rings is 1. The zero-order valence-electron chi connectivity index (χ0n) is 15.5. The number of aromatic nitrogens is 4. The van der Waals surface area contributed by atoms with Crippen molar-refractivity contribution < 1.29 is 29.9 Å². The Morgan fingerprint density at radius 1 is 1.21 bits per heavy atom. The predicted molar refractivity (Wildman–Crippen MR) is 100 cm³/mol. The van der Waals surface area contributed by atoms with Gasteiger partial charge in [-0.05, 0) is 6.07 Å². The first-order valence-electron chi connectivity index (χ1n) is 8.93. The quantitative estimate of drug-likeness (QED) is 0.372.